The second-order valence-corrected chi connectivity index (χ2v) is 5.81. The molecule has 1 aliphatic heterocycles. The number of amides is 1. The highest BCUT2D eigenvalue weighted by molar-refractivity contribution is 6.36. The predicted molar refractivity (Wildman–Crippen MR) is 94.2 cm³/mol. The van der Waals surface area contributed by atoms with Crippen molar-refractivity contribution in [2.75, 3.05) is 5.32 Å². The third-order valence-electron chi connectivity index (χ3n) is 3.88. The lowest BCUT2D eigenvalue weighted by molar-refractivity contribution is -0.110. The van der Waals surface area contributed by atoms with Crippen LogP contribution >= 0.6 is 11.6 Å². The van der Waals surface area contributed by atoms with E-state index in [1.54, 1.807) is 0 Å². The van der Waals surface area contributed by atoms with E-state index in [1.165, 1.54) is 0 Å². The topological polar surface area (TPSA) is 44.9 Å². The van der Waals surface area contributed by atoms with E-state index in [2.05, 4.69) is 10.3 Å². The summed E-state index contributed by atoms with van der Waals surface area (Å²) in [6.07, 6.45) is 3.71. The van der Waals surface area contributed by atoms with Crippen molar-refractivity contribution in [3.05, 3.63) is 77.1 Å². The summed E-state index contributed by atoms with van der Waals surface area (Å²) in [5.74, 6) is -0.0934. The zero-order valence-corrected chi connectivity index (χ0v) is 12.9. The van der Waals surface area contributed by atoms with Crippen molar-refractivity contribution < 1.29 is 4.79 Å². The maximum atomic E-state index is 12.4. The molecule has 0 bridgehead atoms. The fourth-order valence-corrected chi connectivity index (χ4v) is 3.06. The van der Waals surface area contributed by atoms with Gasteiger partial charge in [-0.25, -0.2) is 0 Å². The van der Waals surface area contributed by atoms with Gasteiger partial charge in [0.2, 0.25) is 0 Å². The number of H-pyrrole nitrogens is 1. The lowest BCUT2D eigenvalue weighted by Gasteiger charge is -2.09. The third-order valence-corrected chi connectivity index (χ3v) is 4.12. The molecule has 4 rings (SSSR count). The largest absolute Gasteiger partial charge is 0.362 e. The number of halogens is 1. The fraction of sp³-hybridized carbons (Fsp3) is 0. The monoisotopic (exact) mass is 320 g/mol. The van der Waals surface area contributed by atoms with Crippen molar-refractivity contribution in [2.45, 2.75) is 0 Å². The number of rotatable bonds is 2. The number of nitrogens with one attached hydrogen (secondary N) is 2. The number of aromatic nitrogens is 1. The number of hydrogen-bond donors (Lipinski definition) is 2. The Morgan fingerprint density at radius 1 is 1.00 bits per heavy atom. The van der Waals surface area contributed by atoms with Gasteiger partial charge in [0.25, 0.3) is 5.91 Å². The second kappa shape index (κ2) is 5.45. The summed E-state index contributed by atoms with van der Waals surface area (Å²) in [6, 6.07) is 17.4. The summed E-state index contributed by atoms with van der Waals surface area (Å²) in [7, 11) is 0. The number of fused-ring (bicyclic) bond motifs is 1. The fourth-order valence-electron chi connectivity index (χ4n) is 2.87. The highest BCUT2D eigenvalue weighted by atomic mass is 35.5. The van der Waals surface area contributed by atoms with E-state index in [0.717, 1.165) is 28.1 Å². The highest BCUT2D eigenvalue weighted by Gasteiger charge is 2.27. The first-order chi connectivity index (χ1) is 11.2. The molecule has 0 saturated heterocycles. The van der Waals surface area contributed by atoms with Crippen LogP contribution in [0.4, 0.5) is 5.69 Å². The standard InChI is InChI=1S/C19H13ClN2O/c20-13-5-1-4-12(10-13)15-7-2-8-17-18(15)16(19(23)22-17)11-14-6-3-9-21-14/h1-11,21H,(H,22,23). The normalized spacial score (nSPS) is 14.8. The minimum absolute atomic E-state index is 0.0934. The van der Waals surface area contributed by atoms with Crippen LogP contribution in [0.1, 0.15) is 11.3 Å². The van der Waals surface area contributed by atoms with Gasteiger partial charge in [-0.05, 0) is 47.5 Å². The summed E-state index contributed by atoms with van der Waals surface area (Å²) >= 11 is 6.12. The second-order valence-electron chi connectivity index (χ2n) is 5.38. The summed E-state index contributed by atoms with van der Waals surface area (Å²) in [5, 5.41) is 3.60. The van der Waals surface area contributed by atoms with E-state index in [0.29, 0.717) is 10.6 Å². The van der Waals surface area contributed by atoms with Crippen molar-refractivity contribution in [1.82, 2.24) is 4.98 Å². The van der Waals surface area contributed by atoms with Crippen LogP contribution in [0.3, 0.4) is 0 Å². The molecule has 3 nitrogen and oxygen atoms in total. The molecule has 2 N–H and O–H groups in total. The molecule has 0 unspecified atom stereocenters. The van der Waals surface area contributed by atoms with E-state index in [1.807, 2.05) is 66.9 Å². The summed E-state index contributed by atoms with van der Waals surface area (Å²) in [5.41, 5.74) is 5.26. The van der Waals surface area contributed by atoms with Crippen molar-refractivity contribution >= 4 is 34.8 Å². The molecule has 3 aromatic rings. The number of carbonyl (C=O) groups is 1. The highest BCUT2D eigenvalue weighted by Crippen LogP contribution is 2.40. The number of benzene rings is 2. The van der Waals surface area contributed by atoms with E-state index >= 15 is 0 Å². The van der Waals surface area contributed by atoms with Crippen LogP contribution in [0.15, 0.2) is 60.8 Å². The first kappa shape index (κ1) is 13.9. The van der Waals surface area contributed by atoms with E-state index < -0.39 is 0 Å². The number of anilines is 1. The molecule has 0 aliphatic carbocycles. The molecule has 1 aromatic heterocycles. The molecule has 112 valence electrons. The van der Waals surface area contributed by atoms with Crippen LogP contribution in [0.2, 0.25) is 5.02 Å². The van der Waals surface area contributed by atoms with Crippen LogP contribution in [0.25, 0.3) is 22.8 Å². The average Bonchev–Trinajstić information content (AvgIpc) is 3.16. The van der Waals surface area contributed by atoms with Crippen LogP contribution in [0.5, 0.6) is 0 Å². The average molecular weight is 321 g/mol. The van der Waals surface area contributed by atoms with Crippen LogP contribution in [0, 0.1) is 0 Å². The Morgan fingerprint density at radius 2 is 1.87 bits per heavy atom. The Bertz CT molecular complexity index is 926. The molecule has 2 aromatic carbocycles. The molecule has 1 amide bonds. The number of hydrogen-bond acceptors (Lipinski definition) is 1. The number of carbonyl (C=O) groups excluding carboxylic acids is 1. The molecule has 0 spiro atoms. The molecular weight excluding hydrogens is 308 g/mol. The minimum Gasteiger partial charge on any atom is -0.362 e. The lowest BCUT2D eigenvalue weighted by Crippen LogP contribution is -2.03. The van der Waals surface area contributed by atoms with Gasteiger partial charge in [-0.3, -0.25) is 4.79 Å². The van der Waals surface area contributed by atoms with Crippen LogP contribution in [-0.4, -0.2) is 10.9 Å². The third kappa shape index (κ3) is 2.45. The molecular formula is C19H13ClN2O. The van der Waals surface area contributed by atoms with Crippen LogP contribution < -0.4 is 5.32 Å². The number of aromatic amines is 1. The molecule has 23 heavy (non-hydrogen) atoms. The quantitative estimate of drug-likeness (QED) is 0.653. The van der Waals surface area contributed by atoms with Gasteiger partial charge in [-0.15, -0.1) is 0 Å². The Morgan fingerprint density at radius 3 is 2.65 bits per heavy atom. The Balaban J connectivity index is 1.93. The van der Waals surface area contributed by atoms with Gasteiger partial charge in [-0.2, -0.15) is 0 Å². The van der Waals surface area contributed by atoms with Gasteiger partial charge in [0.05, 0.1) is 5.57 Å². The van der Waals surface area contributed by atoms with Crippen molar-refractivity contribution in [1.29, 1.82) is 0 Å². The van der Waals surface area contributed by atoms with E-state index in [9.17, 15) is 4.79 Å². The molecule has 4 heteroatoms. The maximum Gasteiger partial charge on any atom is 0.256 e. The van der Waals surface area contributed by atoms with Crippen LogP contribution in [-0.2, 0) is 4.79 Å². The Kier molecular flexibility index (Phi) is 3.28. The predicted octanol–water partition coefficient (Wildman–Crippen LogP) is 4.83. The minimum atomic E-state index is -0.0934. The first-order valence-electron chi connectivity index (χ1n) is 7.28. The molecule has 0 atom stereocenters. The van der Waals surface area contributed by atoms with Crippen molar-refractivity contribution in [3.63, 3.8) is 0 Å². The SMILES string of the molecule is O=C1Nc2cccc(-c3cccc(Cl)c3)c2C1=Cc1ccc[nH]1. The summed E-state index contributed by atoms with van der Waals surface area (Å²) in [6.45, 7) is 0. The zero-order valence-electron chi connectivity index (χ0n) is 12.1. The van der Waals surface area contributed by atoms with Crippen molar-refractivity contribution in [2.24, 2.45) is 0 Å². The molecule has 2 heterocycles. The first-order valence-corrected chi connectivity index (χ1v) is 7.66. The van der Waals surface area contributed by atoms with E-state index in [-0.39, 0.29) is 5.91 Å². The Hall–Kier alpha value is -2.78. The zero-order chi connectivity index (χ0) is 15.8. The van der Waals surface area contributed by atoms with Crippen molar-refractivity contribution in [3.8, 4) is 11.1 Å². The summed E-state index contributed by atoms with van der Waals surface area (Å²) < 4.78 is 0. The lowest BCUT2D eigenvalue weighted by atomic mass is 9.94. The van der Waals surface area contributed by atoms with Gasteiger partial charge in [0.1, 0.15) is 0 Å². The molecule has 0 fully saturated rings. The molecule has 0 radical (unpaired) electrons. The van der Waals surface area contributed by atoms with Gasteiger partial charge < -0.3 is 10.3 Å². The molecule has 0 saturated carbocycles. The summed E-state index contributed by atoms with van der Waals surface area (Å²) in [4.78, 5) is 15.5. The van der Waals surface area contributed by atoms with E-state index in [4.69, 9.17) is 11.6 Å². The maximum absolute atomic E-state index is 12.4. The van der Waals surface area contributed by atoms with Gasteiger partial charge in [0.15, 0.2) is 0 Å². The smallest absolute Gasteiger partial charge is 0.256 e. The van der Waals surface area contributed by atoms with Gasteiger partial charge in [-0.1, -0.05) is 35.9 Å². The van der Waals surface area contributed by atoms with Gasteiger partial charge in [0, 0.05) is 28.2 Å². The Labute approximate surface area is 138 Å². The van der Waals surface area contributed by atoms with Gasteiger partial charge >= 0.3 is 0 Å². The molecule has 1 aliphatic rings.